The highest BCUT2D eigenvalue weighted by atomic mass is 35.5. The highest BCUT2D eigenvalue weighted by molar-refractivity contribution is 7.61. The Bertz CT molecular complexity index is 522. The summed E-state index contributed by atoms with van der Waals surface area (Å²) in [7, 11) is 0.275. The Labute approximate surface area is 219 Å². The molecular formula is C32H56ClP. The Hall–Kier alpha value is 0.720. The molecule has 8 aliphatic carbocycles. The topological polar surface area (TPSA) is 0 Å². The van der Waals surface area contributed by atoms with E-state index in [9.17, 15) is 0 Å². The van der Waals surface area contributed by atoms with Gasteiger partial charge in [0.25, 0.3) is 0 Å². The van der Waals surface area contributed by atoms with Crippen LogP contribution in [0.5, 0.6) is 0 Å². The van der Waals surface area contributed by atoms with E-state index >= 15 is 0 Å². The second-order valence-electron chi connectivity index (χ2n) is 14.2. The summed E-state index contributed by atoms with van der Waals surface area (Å²) in [6.07, 6.45) is 32.8. The van der Waals surface area contributed by atoms with Gasteiger partial charge in [-0.1, -0.05) is 60.3 Å². The Morgan fingerprint density at radius 3 is 1.21 bits per heavy atom. The first-order valence-electron chi connectivity index (χ1n) is 15.9. The molecule has 0 unspecified atom stereocenters. The van der Waals surface area contributed by atoms with Crippen LogP contribution in [0.2, 0.25) is 0 Å². The summed E-state index contributed by atoms with van der Waals surface area (Å²) in [5.41, 5.74) is 0. The largest absolute Gasteiger partial charge is 0.127 e. The first kappa shape index (κ1) is 26.3. The third kappa shape index (κ3) is 5.59. The standard InChI is InChI=1S/C26H43P.C6H13Cl/c1-2-3-4-5-6-27(25-13-19-7-20(14-25)9-21(8-19)15-25)26-16-22-10-23(17-26)12-24(11-22)18-26;1-2-3-4-5-6-7/h19-24H,2-18H2,1H3;2-6H2,1H3. The molecule has 2 heteroatoms. The van der Waals surface area contributed by atoms with Gasteiger partial charge in [-0.05, 0) is 142 Å². The van der Waals surface area contributed by atoms with Gasteiger partial charge in [0.15, 0.2) is 0 Å². The monoisotopic (exact) mass is 506 g/mol. The van der Waals surface area contributed by atoms with E-state index < -0.39 is 0 Å². The summed E-state index contributed by atoms with van der Waals surface area (Å²) in [6.45, 7) is 4.59. The van der Waals surface area contributed by atoms with Crippen molar-refractivity contribution in [3.05, 3.63) is 0 Å². The van der Waals surface area contributed by atoms with Gasteiger partial charge in [0, 0.05) is 5.88 Å². The highest BCUT2D eigenvalue weighted by Crippen LogP contribution is 2.78. The van der Waals surface area contributed by atoms with Crippen LogP contribution in [-0.2, 0) is 0 Å². The van der Waals surface area contributed by atoms with Crippen LogP contribution in [0, 0.1) is 35.5 Å². The van der Waals surface area contributed by atoms with Crippen LogP contribution in [0.4, 0.5) is 0 Å². The average molecular weight is 507 g/mol. The van der Waals surface area contributed by atoms with Gasteiger partial charge in [0.1, 0.15) is 0 Å². The van der Waals surface area contributed by atoms with E-state index in [2.05, 4.69) is 13.8 Å². The molecule has 196 valence electrons. The minimum Gasteiger partial charge on any atom is -0.127 e. The quantitative estimate of drug-likeness (QED) is 0.148. The molecule has 0 N–H and O–H groups in total. The number of rotatable bonds is 11. The lowest BCUT2D eigenvalue weighted by molar-refractivity contribution is 0.0185. The second-order valence-corrected chi connectivity index (χ2v) is 17.8. The van der Waals surface area contributed by atoms with Crippen LogP contribution in [-0.4, -0.2) is 22.4 Å². The molecule has 8 fully saturated rings. The molecule has 34 heavy (non-hydrogen) atoms. The van der Waals surface area contributed by atoms with Gasteiger partial charge < -0.3 is 0 Å². The van der Waals surface area contributed by atoms with Gasteiger partial charge in [-0.3, -0.25) is 0 Å². The van der Waals surface area contributed by atoms with Crippen LogP contribution in [0.1, 0.15) is 142 Å². The molecule has 8 saturated carbocycles. The van der Waals surface area contributed by atoms with Gasteiger partial charge in [-0.15, -0.1) is 11.6 Å². The van der Waals surface area contributed by atoms with Gasteiger partial charge in [-0.2, -0.15) is 0 Å². The molecule has 8 bridgehead atoms. The zero-order valence-corrected chi connectivity index (χ0v) is 24.5. The summed E-state index contributed by atoms with van der Waals surface area (Å²) in [6, 6.07) is 0. The average Bonchev–Trinajstić information content (AvgIpc) is 2.78. The fourth-order valence-corrected chi connectivity index (χ4v) is 16.5. The molecule has 8 rings (SSSR count). The van der Waals surface area contributed by atoms with E-state index in [1.807, 2.05) is 0 Å². The maximum absolute atomic E-state index is 5.44. The van der Waals surface area contributed by atoms with Crippen LogP contribution < -0.4 is 0 Å². The van der Waals surface area contributed by atoms with E-state index in [1.54, 1.807) is 89.6 Å². The fraction of sp³-hybridized carbons (Fsp3) is 1.00. The summed E-state index contributed by atoms with van der Waals surface area (Å²) in [4.78, 5) is 0. The van der Waals surface area contributed by atoms with E-state index in [0.29, 0.717) is 0 Å². The van der Waals surface area contributed by atoms with Crippen molar-refractivity contribution in [2.24, 2.45) is 35.5 Å². The molecule has 0 aromatic heterocycles. The van der Waals surface area contributed by atoms with Gasteiger partial charge >= 0.3 is 0 Å². The lowest BCUT2D eigenvalue weighted by atomic mass is 9.55. The molecule has 0 amide bonds. The maximum atomic E-state index is 5.44. The van der Waals surface area contributed by atoms with Crippen LogP contribution in [0.3, 0.4) is 0 Å². The first-order chi connectivity index (χ1) is 16.6. The molecule has 0 nitrogen and oxygen atoms in total. The van der Waals surface area contributed by atoms with Crippen molar-refractivity contribution in [3.63, 3.8) is 0 Å². The molecular weight excluding hydrogens is 451 g/mol. The summed E-state index contributed by atoms with van der Waals surface area (Å²) in [5, 5.41) is 1.75. The maximum Gasteiger partial charge on any atom is 0.0223 e. The highest BCUT2D eigenvalue weighted by Gasteiger charge is 2.62. The SMILES string of the molecule is CCCCCCCl.CCCCCCP(C12CC3CC(CC(C3)C1)C2)C12CC3CC(CC(C3)C1)C2. The predicted molar refractivity (Wildman–Crippen MR) is 153 cm³/mol. The van der Waals surface area contributed by atoms with Gasteiger partial charge in [0.05, 0.1) is 0 Å². The van der Waals surface area contributed by atoms with E-state index in [-0.39, 0.29) is 7.92 Å². The summed E-state index contributed by atoms with van der Waals surface area (Å²) >= 11 is 5.44. The minimum atomic E-state index is 0.275. The zero-order valence-electron chi connectivity index (χ0n) is 22.8. The van der Waals surface area contributed by atoms with Crippen LogP contribution in [0.25, 0.3) is 0 Å². The fourth-order valence-electron chi connectivity index (χ4n) is 11.0. The van der Waals surface area contributed by atoms with Crippen LogP contribution >= 0.6 is 19.5 Å². The normalized spacial score (nSPS) is 44.2. The van der Waals surface area contributed by atoms with E-state index in [4.69, 9.17) is 11.6 Å². The Morgan fingerprint density at radius 2 is 0.882 bits per heavy atom. The third-order valence-electron chi connectivity index (χ3n) is 11.4. The summed E-state index contributed by atoms with van der Waals surface area (Å²) < 4.78 is 0. The molecule has 0 heterocycles. The van der Waals surface area contributed by atoms with Crippen LogP contribution in [0.15, 0.2) is 0 Å². The number of alkyl halides is 1. The van der Waals surface area contributed by atoms with Crippen molar-refractivity contribution < 1.29 is 0 Å². The number of unbranched alkanes of at least 4 members (excludes halogenated alkanes) is 6. The van der Waals surface area contributed by atoms with Crippen molar-refractivity contribution >= 4 is 19.5 Å². The van der Waals surface area contributed by atoms with Crippen molar-refractivity contribution in [3.8, 4) is 0 Å². The Kier molecular flexibility index (Phi) is 9.01. The second kappa shape index (κ2) is 11.6. The Morgan fingerprint density at radius 1 is 0.529 bits per heavy atom. The predicted octanol–water partition coefficient (Wildman–Crippen LogP) is 10.8. The Balaban J connectivity index is 0.000000304. The lowest BCUT2D eigenvalue weighted by Crippen LogP contribution is -2.56. The van der Waals surface area contributed by atoms with Gasteiger partial charge in [-0.25, -0.2) is 0 Å². The first-order valence-corrected chi connectivity index (χ1v) is 18.0. The van der Waals surface area contributed by atoms with Crippen molar-refractivity contribution in [1.29, 1.82) is 0 Å². The van der Waals surface area contributed by atoms with Gasteiger partial charge in [0.2, 0.25) is 0 Å². The number of hydrogen-bond donors (Lipinski definition) is 0. The van der Waals surface area contributed by atoms with Crippen molar-refractivity contribution in [2.75, 3.05) is 12.0 Å². The summed E-state index contributed by atoms with van der Waals surface area (Å²) in [5.74, 6) is 7.78. The van der Waals surface area contributed by atoms with E-state index in [1.165, 1.54) is 44.9 Å². The lowest BCUT2D eigenvalue weighted by Gasteiger charge is -2.67. The molecule has 0 aromatic carbocycles. The molecule has 0 radical (unpaired) electrons. The smallest absolute Gasteiger partial charge is 0.0223 e. The van der Waals surface area contributed by atoms with Crippen molar-refractivity contribution in [2.45, 2.75) is 153 Å². The van der Waals surface area contributed by atoms with E-state index in [0.717, 1.165) is 51.7 Å². The number of halogens is 1. The minimum absolute atomic E-state index is 0.275. The van der Waals surface area contributed by atoms with Crippen molar-refractivity contribution in [1.82, 2.24) is 0 Å². The molecule has 0 aliphatic heterocycles. The number of hydrogen-bond acceptors (Lipinski definition) is 0. The molecule has 0 saturated heterocycles. The molecule has 8 aliphatic rings. The molecule has 0 aromatic rings. The molecule has 0 atom stereocenters. The third-order valence-corrected chi connectivity index (χ3v) is 15.8. The molecule has 0 spiro atoms. The zero-order chi connectivity index (χ0) is 23.6.